The molecule has 0 aromatic heterocycles. The minimum Gasteiger partial charge on any atom is -0.296 e. The SMILES string of the molecule is CCOS(=O)(=O)c1cc(C(=O)OO)cc(C(=O)OO)c1. The molecule has 10 heteroatoms. The first-order valence-corrected chi connectivity index (χ1v) is 6.52. The third kappa shape index (κ3) is 3.51. The van der Waals surface area contributed by atoms with E-state index in [9.17, 15) is 18.0 Å². The van der Waals surface area contributed by atoms with E-state index in [2.05, 4.69) is 14.0 Å². The number of benzene rings is 1. The van der Waals surface area contributed by atoms with Crippen molar-refractivity contribution in [1.29, 1.82) is 0 Å². The molecular formula is C10H10O9S. The number of hydrogen-bond acceptors (Lipinski definition) is 9. The molecule has 0 saturated carbocycles. The van der Waals surface area contributed by atoms with Crippen LogP contribution in [0.2, 0.25) is 0 Å². The second-order valence-electron chi connectivity index (χ2n) is 3.36. The Hall–Kier alpha value is -2.01. The summed E-state index contributed by atoms with van der Waals surface area (Å²) in [6, 6.07) is 2.53. The highest BCUT2D eigenvalue weighted by Gasteiger charge is 2.22. The summed E-state index contributed by atoms with van der Waals surface area (Å²) in [4.78, 5) is 28.7. The van der Waals surface area contributed by atoms with Crippen molar-refractivity contribution < 1.29 is 42.5 Å². The predicted molar refractivity (Wildman–Crippen MR) is 61.3 cm³/mol. The molecule has 0 heterocycles. The molecule has 0 saturated heterocycles. The average molecular weight is 306 g/mol. The van der Waals surface area contributed by atoms with Crippen molar-refractivity contribution in [2.45, 2.75) is 11.8 Å². The van der Waals surface area contributed by atoms with Crippen LogP contribution in [0.4, 0.5) is 0 Å². The fraction of sp³-hybridized carbons (Fsp3) is 0.200. The highest BCUT2D eigenvalue weighted by molar-refractivity contribution is 7.86. The van der Waals surface area contributed by atoms with E-state index in [1.54, 1.807) is 0 Å². The minimum atomic E-state index is -4.22. The molecule has 0 fully saturated rings. The van der Waals surface area contributed by atoms with Crippen LogP contribution in [0.1, 0.15) is 27.6 Å². The lowest BCUT2D eigenvalue weighted by Gasteiger charge is -2.07. The molecule has 1 aromatic rings. The van der Waals surface area contributed by atoms with Gasteiger partial charge in [0.2, 0.25) is 0 Å². The summed E-state index contributed by atoms with van der Waals surface area (Å²) in [6.45, 7) is 1.25. The van der Waals surface area contributed by atoms with Gasteiger partial charge in [-0.1, -0.05) is 0 Å². The number of carbonyl (C=O) groups excluding carboxylic acids is 2. The zero-order valence-corrected chi connectivity index (χ0v) is 10.9. The first kappa shape index (κ1) is 16.0. The normalized spacial score (nSPS) is 10.9. The summed E-state index contributed by atoms with van der Waals surface area (Å²) in [6.07, 6.45) is 0. The van der Waals surface area contributed by atoms with Crippen LogP contribution in [0.15, 0.2) is 23.1 Å². The van der Waals surface area contributed by atoms with Gasteiger partial charge in [0.15, 0.2) is 0 Å². The highest BCUT2D eigenvalue weighted by Crippen LogP contribution is 2.19. The van der Waals surface area contributed by atoms with Crippen LogP contribution in [0, 0.1) is 0 Å². The fourth-order valence-electron chi connectivity index (χ4n) is 1.31. The maximum Gasteiger partial charge on any atom is 0.372 e. The van der Waals surface area contributed by atoms with Crippen LogP contribution in [0.3, 0.4) is 0 Å². The van der Waals surface area contributed by atoms with Crippen LogP contribution < -0.4 is 0 Å². The van der Waals surface area contributed by atoms with Crippen molar-refractivity contribution in [1.82, 2.24) is 0 Å². The van der Waals surface area contributed by atoms with Crippen molar-refractivity contribution in [2.24, 2.45) is 0 Å². The van der Waals surface area contributed by atoms with E-state index in [1.165, 1.54) is 6.92 Å². The lowest BCUT2D eigenvalue weighted by molar-refractivity contribution is -0.183. The molecule has 0 aliphatic carbocycles. The summed E-state index contributed by atoms with van der Waals surface area (Å²) in [5, 5.41) is 16.6. The smallest absolute Gasteiger partial charge is 0.296 e. The molecule has 1 rings (SSSR count). The van der Waals surface area contributed by atoms with Gasteiger partial charge in [-0.2, -0.15) is 18.9 Å². The molecule has 1 aromatic carbocycles. The molecular weight excluding hydrogens is 296 g/mol. The van der Waals surface area contributed by atoms with E-state index < -0.39 is 38.1 Å². The van der Waals surface area contributed by atoms with E-state index in [4.69, 9.17) is 10.5 Å². The lowest BCUT2D eigenvalue weighted by Crippen LogP contribution is -2.12. The largest absolute Gasteiger partial charge is 0.372 e. The average Bonchev–Trinajstić information content (AvgIpc) is 2.44. The Bertz CT molecular complexity index is 585. The zero-order valence-electron chi connectivity index (χ0n) is 10.1. The van der Waals surface area contributed by atoms with Crippen molar-refractivity contribution in [3.05, 3.63) is 29.3 Å². The topological polar surface area (TPSA) is 136 Å². The van der Waals surface area contributed by atoms with Gasteiger partial charge in [-0.15, -0.1) is 0 Å². The molecule has 20 heavy (non-hydrogen) atoms. The number of hydrogen-bond donors (Lipinski definition) is 2. The van der Waals surface area contributed by atoms with Gasteiger partial charge in [0.25, 0.3) is 10.1 Å². The standard InChI is InChI=1S/C10H10O9S/c1-2-17-20(15,16)8-4-6(9(11)18-13)3-7(5-8)10(12)19-14/h3-5,13-14H,2H2,1H3. The first-order valence-electron chi connectivity index (χ1n) is 5.11. The number of carbonyl (C=O) groups is 2. The van der Waals surface area contributed by atoms with E-state index in [0.29, 0.717) is 0 Å². The Morgan fingerprint density at radius 1 is 1.05 bits per heavy atom. The fourth-order valence-corrected chi connectivity index (χ4v) is 2.30. The maximum atomic E-state index is 11.7. The molecule has 0 atom stereocenters. The molecule has 0 amide bonds. The van der Waals surface area contributed by atoms with Gasteiger partial charge in [-0.25, -0.2) is 9.59 Å². The quantitative estimate of drug-likeness (QED) is 0.456. The Kier molecular flexibility index (Phi) is 5.16. The van der Waals surface area contributed by atoms with Crippen molar-refractivity contribution >= 4 is 22.1 Å². The van der Waals surface area contributed by atoms with Gasteiger partial charge in [0.05, 0.1) is 22.6 Å². The zero-order chi connectivity index (χ0) is 15.3. The van der Waals surface area contributed by atoms with Crippen molar-refractivity contribution in [3.8, 4) is 0 Å². The van der Waals surface area contributed by atoms with E-state index in [1.807, 2.05) is 0 Å². The molecule has 0 spiro atoms. The van der Waals surface area contributed by atoms with Gasteiger partial charge >= 0.3 is 11.9 Å². The van der Waals surface area contributed by atoms with E-state index in [0.717, 1.165) is 18.2 Å². The molecule has 0 radical (unpaired) electrons. The van der Waals surface area contributed by atoms with Crippen LogP contribution >= 0.6 is 0 Å². The molecule has 0 bridgehead atoms. The summed E-state index contributed by atoms with van der Waals surface area (Å²) >= 11 is 0. The Morgan fingerprint density at radius 3 is 1.85 bits per heavy atom. The maximum absolute atomic E-state index is 11.7. The van der Waals surface area contributed by atoms with Gasteiger partial charge < -0.3 is 0 Å². The van der Waals surface area contributed by atoms with Gasteiger partial charge in [-0.05, 0) is 25.1 Å². The summed E-state index contributed by atoms with van der Waals surface area (Å²) in [5.41, 5.74) is -0.901. The highest BCUT2D eigenvalue weighted by atomic mass is 32.2. The van der Waals surface area contributed by atoms with Gasteiger partial charge in [0, 0.05) is 0 Å². The van der Waals surface area contributed by atoms with Crippen LogP contribution in [0.25, 0.3) is 0 Å². The second-order valence-corrected chi connectivity index (χ2v) is 4.98. The monoisotopic (exact) mass is 306 g/mol. The van der Waals surface area contributed by atoms with Crippen molar-refractivity contribution in [2.75, 3.05) is 6.61 Å². The summed E-state index contributed by atoms with van der Waals surface area (Å²) in [5.74, 6) is -2.60. The molecule has 0 aliphatic rings. The lowest BCUT2D eigenvalue weighted by atomic mass is 10.1. The van der Waals surface area contributed by atoms with Crippen LogP contribution in [-0.4, -0.2) is 37.5 Å². The predicted octanol–water partition coefficient (Wildman–Crippen LogP) is 0.671. The summed E-state index contributed by atoms with van der Waals surface area (Å²) < 4.78 is 27.9. The first-order chi connectivity index (χ1) is 9.35. The number of rotatable bonds is 5. The third-order valence-electron chi connectivity index (χ3n) is 2.11. The van der Waals surface area contributed by atoms with Crippen LogP contribution in [0.5, 0.6) is 0 Å². The summed E-state index contributed by atoms with van der Waals surface area (Å²) in [7, 11) is -4.22. The Morgan fingerprint density at radius 2 is 1.50 bits per heavy atom. The Balaban J connectivity index is 3.45. The molecule has 110 valence electrons. The molecule has 0 aliphatic heterocycles. The Labute approximate surface area is 113 Å². The van der Waals surface area contributed by atoms with E-state index in [-0.39, 0.29) is 6.61 Å². The second kappa shape index (κ2) is 6.43. The third-order valence-corrected chi connectivity index (χ3v) is 3.46. The molecule has 0 unspecified atom stereocenters. The molecule has 2 N–H and O–H groups in total. The van der Waals surface area contributed by atoms with Crippen LogP contribution in [-0.2, 0) is 24.1 Å². The van der Waals surface area contributed by atoms with E-state index >= 15 is 0 Å². The van der Waals surface area contributed by atoms with Gasteiger partial charge in [0.1, 0.15) is 0 Å². The van der Waals surface area contributed by atoms with Crippen molar-refractivity contribution in [3.63, 3.8) is 0 Å². The minimum absolute atomic E-state index is 0.170. The molecule has 9 nitrogen and oxygen atoms in total. The van der Waals surface area contributed by atoms with Gasteiger partial charge in [-0.3, -0.25) is 14.0 Å².